The molecule has 0 atom stereocenters. The minimum atomic E-state index is -2.14. The SMILES string of the molecule is COC(OC)c1csc([B-](OC(C)C)(OC(C)C)OC(C)C)n1. The molecule has 0 saturated heterocycles. The highest BCUT2D eigenvalue weighted by Gasteiger charge is 2.38. The lowest BCUT2D eigenvalue weighted by Gasteiger charge is -2.44. The normalized spacial score (nSPS) is 13.0. The molecule has 1 aromatic rings. The molecule has 0 aliphatic heterocycles. The van der Waals surface area contributed by atoms with Crippen LogP contribution in [0.2, 0.25) is 0 Å². The largest absolute Gasteiger partial charge is 0.537 e. The number of rotatable bonds is 10. The fourth-order valence-electron chi connectivity index (χ4n) is 2.25. The van der Waals surface area contributed by atoms with Crippen LogP contribution in [0.5, 0.6) is 0 Å². The molecule has 8 heteroatoms. The van der Waals surface area contributed by atoms with Gasteiger partial charge in [-0.15, -0.1) is 0 Å². The summed E-state index contributed by atoms with van der Waals surface area (Å²) in [5, 5.41) is 1.88. The molecule has 0 amide bonds. The maximum absolute atomic E-state index is 6.09. The Bertz CT molecular complexity index is 436. The van der Waals surface area contributed by atoms with Crippen LogP contribution < -0.4 is 4.91 Å². The lowest BCUT2D eigenvalue weighted by atomic mass is 9.77. The van der Waals surface area contributed by atoms with E-state index in [4.69, 9.17) is 23.4 Å². The lowest BCUT2D eigenvalue weighted by Crippen LogP contribution is -2.60. The summed E-state index contributed by atoms with van der Waals surface area (Å²) in [5.41, 5.74) is 0.674. The van der Waals surface area contributed by atoms with Crippen molar-refractivity contribution in [3.63, 3.8) is 0 Å². The van der Waals surface area contributed by atoms with E-state index in [-0.39, 0.29) is 18.3 Å². The van der Waals surface area contributed by atoms with Crippen molar-refractivity contribution in [3.05, 3.63) is 11.1 Å². The Balaban J connectivity index is 3.25. The zero-order chi connectivity index (χ0) is 17.6. The second-order valence-electron chi connectivity index (χ2n) is 6.11. The summed E-state index contributed by atoms with van der Waals surface area (Å²) in [6.07, 6.45) is -0.729. The van der Waals surface area contributed by atoms with Crippen molar-refractivity contribution in [2.75, 3.05) is 14.2 Å². The fourth-order valence-corrected chi connectivity index (χ4v) is 3.15. The van der Waals surface area contributed by atoms with Crippen LogP contribution in [0.1, 0.15) is 53.5 Å². The fraction of sp³-hybridized carbons (Fsp3) is 0.800. The van der Waals surface area contributed by atoms with Gasteiger partial charge in [0, 0.05) is 42.8 Å². The van der Waals surface area contributed by atoms with E-state index in [0.717, 1.165) is 0 Å². The number of hydrogen-bond acceptors (Lipinski definition) is 7. The van der Waals surface area contributed by atoms with Gasteiger partial charge in [-0.25, -0.2) is 0 Å². The second-order valence-corrected chi connectivity index (χ2v) is 7.00. The molecule has 0 bridgehead atoms. The Hall–Kier alpha value is -0.505. The lowest BCUT2D eigenvalue weighted by molar-refractivity contribution is -0.108. The molecule has 23 heavy (non-hydrogen) atoms. The van der Waals surface area contributed by atoms with Gasteiger partial charge >= 0.3 is 6.75 Å². The quantitative estimate of drug-likeness (QED) is 0.480. The van der Waals surface area contributed by atoms with Crippen LogP contribution in [0.4, 0.5) is 0 Å². The van der Waals surface area contributed by atoms with E-state index in [2.05, 4.69) is 4.98 Å². The van der Waals surface area contributed by atoms with Crippen LogP contribution >= 0.6 is 11.3 Å². The summed E-state index contributed by atoms with van der Waals surface area (Å²) in [6.45, 7) is 9.56. The van der Waals surface area contributed by atoms with E-state index in [9.17, 15) is 0 Å². The molecule has 0 N–H and O–H groups in total. The maximum atomic E-state index is 6.09. The van der Waals surface area contributed by atoms with Gasteiger partial charge in [-0.2, -0.15) is 11.3 Å². The molecule has 0 spiro atoms. The van der Waals surface area contributed by atoms with E-state index >= 15 is 0 Å². The van der Waals surface area contributed by atoms with Crippen molar-refractivity contribution in [1.29, 1.82) is 0 Å². The zero-order valence-corrected chi connectivity index (χ0v) is 16.2. The Morgan fingerprint density at radius 2 is 1.30 bits per heavy atom. The Kier molecular flexibility index (Phi) is 8.13. The van der Waals surface area contributed by atoms with Crippen LogP contribution in [0, 0.1) is 0 Å². The maximum Gasteiger partial charge on any atom is 0.438 e. The van der Waals surface area contributed by atoms with Crippen LogP contribution in [-0.4, -0.2) is 44.3 Å². The number of aromatic nitrogens is 1. The van der Waals surface area contributed by atoms with Crippen molar-refractivity contribution in [3.8, 4) is 0 Å². The van der Waals surface area contributed by atoms with Gasteiger partial charge in [-0.05, 0) is 41.5 Å². The molecular weight excluding hydrogens is 317 g/mol. The number of hydrogen-bond donors (Lipinski definition) is 0. The van der Waals surface area contributed by atoms with Gasteiger partial charge in [0.25, 0.3) is 0 Å². The zero-order valence-electron chi connectivity index (χ0n) is 15.4. The van der Waals surface area contributed by atoms with Gasteiger partial charge in [0.2, 0.25) is 6.29 Å². The summed E-state index contributed by atoms with van der Waals surface area (Å²) < 4.78 is 28.8. The highest BCUT2D eigenvalue weighted by molar-refractivity contribution is 7.22. The predicted molar refractivity (Wildman–Crippen MR) is 92.9 cm³/mol. The van der Waals surface area contributed by atoms with Crippen LogP contribution in [0.3, 0.4) is 0 Å². The van der Waals surface area contributed by atoms with Gasteiger partial charge < -0.3 is 23.4 Å². The predicted octanol–water partition coefficient (Wildman–Crippen LogP) is 2.86. The van der Waals surface area contributed by atoms with Crippen molar-refractivity contribution >= 4 is 23.0 Å². The van der Waals surface area contributed by atoms with Crippen molar-refractivity contribution < 1.29 is 23.4 Å². The van der Waals surface area contributed by atoms with E-state index < -0.39 is 13.0 Å². The highest BCUT2D eigenvalue weighted by atomic mass is 32.1. The minimum Gasteiger partial charge on any atom is -0.537 e. The summed E-state index contributed by atoms with van der Waals surface area (Å²) in [6, 6.07) is 0. The first kappa shape index (κ1) is 20.5. The van der Waals surface area contributed by atoms with Gasteiger partial charge in [0.15, 0.2) is 0 Å². The molecule has 0 aliphatic rings. The molecule has 0 saturated carbocycles. The molecule has 0 radical (unpaired) electrons. The van der Waals surface area contributed by atoms with Gasteiger partial charge in [0.1, 0.15) is 5.69 Å². The number of ether oxygens (including phenoxy) is 2. The third-order valence-corrected chi connectivity index (χ3v) is 3.85. The van der Waals surface area contributed by atoms with Crippen LogP contribution in [-0.2, 0) is 23.4 Å². The van der Waals surface area contributed by atoms with Gasteiger partial charge in [-0.3, -0.25) is 4.98 Å². The van der Waals surface area contributed by atoms with Crippen molar-refractivity contribution in [2.24, 2.45) is 0 Å². The third kappa shape index (κ3) is 5.81. The first-order valence-corrected chi connectivity index (χ1v) is 8.80. The first-order valence-electron chi connectivity index (χ1n) is 7.92. The van der Waals surface area contributed by atoms with E-state index in [0.29, 0.717) is 10.6 Å². The summed E-state index contributed by atoms with van der Waals surface area (Å²) in [7, 11) is 3.15. The second kappa shape index (κ2) is 9.10. The summed E-state index contributed by atoms with van der Waals surface area (Å²) >= 11 is 1.42. The number of nitrogens with zero attached hydrogens (tertiary/aromatic N) is 1. The summed E-state index contributed by atoms with van der Waals surface area (Å²) in [4.78, 5) is 5.25. The third-order valence-electron chi connectivity index (χ3n) is 2.87. The molecule has 0 aliphatic carbocycles. The van der Waals surface area contributed by atoms with E-state index in [1.54, 1.807) is 14.2 Å². The molecule has 0 aromatic carbocycles. The molecular formula is C15H29BNO5S-. The van der Waals surface area contributed by atoms with Gasteiger partial charge in [0.05, 0.1) is 0 Å². The molecule has 1 aromatic heterocycles. The first-order chi connectivity index (χ1) is 10.7. The van der Waals surface area contributed by atoms with Gasteiger partial charge in [-0.1, -0.05) is 0 Å². The average Bonchev–Trinajstić information content (AvgIpc) is 2.87. The topological polar surface area (TPSA) is 59.0 Å². The van der Waals surface area contributed by atoms with Crippen molar-refractivity contribution in [1.82, 2.24) is 4.98 Å². The van der Waals surface area contributed by atoms with Crippen LogP contribution in [0.25, 0.3) is 0 Å². The highest BCUT2D eigenvalue weighted by Crippen LogP contribution is 2.22. The molecule has 134 valence electrons. The Labute approximate surface area is 143 Å². The average molecular weight is 346 g/mol. The summed E-state index contributed by atoms with van der Waals surface area (Å²) in [5.74, 6) is 0. The van der Waals surface area contributed by atoms with Crippen LogP contribution in [0.15, 0.2) is 5.38 Å². The smallest absolute Gasteiger partial charge is 0.438 e. The molecule has 6 nitrogen and oxygen atoms in total. The molecule has 1 heterocycles. The number of methoxy groups -OCH3 is 2. The van der Waals surface area contributed by atoms with E-state index in [1.165, 1.54) is 11.3 Å². The number of thiazole rings is 1. The molecule has 0 unspecified atom stereocenters. The monoisotopic (exact) mass is 346 g/mol. The van der Waals surface area contributed by atoms with E-state index in [1.807, 2.05) is 46.9 Å². The molecule has 1 rings (SSSR count). The minimum absolute atomic E-state index is 0.0690. The molecule has 0 fully saturated rings. The van der Waals surface area contributed by atoms with Crippen molar-refractivity contribution in [2.45, 2.75) is 66.1 Å². The standard InChI is InChI=1S/C15H29BNO5S/c1-10(2)20-16(21-11(3)4,22-12(5)6)15-17-13(9-23-15)14(18-7)19-8/h9-12,14H,1-8H3/q-1. The Morgan fingerprint density at radius 3 is 1.65 bits per heavy atom. The Morgan fingerprint density at radius 1 is 0.870 bits per heavy atom.